The lowest BCUT2D eigenvalue weighted by molar-refractivity contribution is -0.359. The Morgan fingerprint density at radius 1 is 0.805 bits per heavy atom. The second kappa shape index (κ2) is 12.9. The van der Waals surface area contributed by atoms with Gasteiger partial charge in [0.15, 0.2) is 12.6 Å². The molecule has 5 rings (SSSR count). The number of aliphatic hydroxyl groups is 7. The van der Waals surface area contributed by atoms with Crippen LogP contribution in [0, 0.1) is 0 Å². The Hall–Kier alpha value is -3.01. The van der Waals surface area contributed by atoms with Crippen molar-refractivity contribution in [3.05, 3.63) is 30.5 Å². The van der Waals surface area contributed by atoms with Crippen molar-refractivity contribution in [2.45, 2.75) is 68.0 Å². The van der Waals surface area contributed by atoms with Gasteiger partial charge < -0.3 is 54.7 Å². The first-order valence-corrected chi connectivity index (χ1v) is 12.7. The van der Waals surface area contributed by atoms with Crippen molar-refractivity contribution in [3.8, 4) is 22.6 Å². The molecular weight excluding hydrogens is 550 g/mol. The molecular formula is C23H31N7O11. The third kappa shape index (κ3) is 6.27. The van der Waals surface area contributed by atoms with E-state index in [1.165, 1.54) is 4.68 Å². The van der Waals surface area contributed by atoms with Crippen molar-refractivity contribution in [2.75, 3.05) is 19.8 Å². The zero-order valence-electron chi connectivity index (χ0n) is 21.4. The highest BCUT2D eigenvalue weighted by Gasteiger charge is 2.50. The van der Waals surface area contributed by atoms with Gasteiger partial charge in [0.2, 0.25) is 5.82 Å². The van der Waals surface area contributed by atoms with Crippen LogP contribution in [0.1, 0.15) is 0 Å². The molecule has 0 spiro atoms. The Labute approximate surface area is 231 Å². The summed E-state index contributed by atoms with van der Waals surface area (Å²) in [7, 11) is 0. The number of ether oxygens (including phenoxy) is 4. The fourth-order valence-electron chi connectivity index (χ4n) is 4.57. The molecule has 10 unspecified atom stereocenters. The van der Waals surface area contributed by atoms with E-state index in [0.717, 1.165) is 11.1 Å². The second-order valence-electron chi connectivity index (χ2n) is 9.56. The first-order chi connectivity index (χ1) is 19.8. The highest BCUT2D eigenvalue weighted by molar-refractivity contribution is 5.64. The van der Waals surface area contributed by atoms with E-state index in [0.29, 0.717) is 11.5 Å². The first kappa shape index (κ1) is 29.5. The van der Waals surface area contributed by atoms with Gasteiger partial charge in [0.1, 0.15) is 54.5 Å². The molecule has 8 N–H and O–H groups in total. The summed E-state index contributed by atoms with van der Waals surface area (Å²) in [5.41, 5.74) is 2.18. The molecule has 2 aromatic heterocycles. The van der Waals surface area contributed by atoms with Crippen molar-refractivity contribution in [3.63, 3.8) is 0 Å². The molecule has 0 bridgehead atoms. The third-order valence-electron chi connectivity index (χ3n) is 6.89. The number of nitrogens with one attached hydrogen (secondary N) is 1. The Balaban J connectivity index is 1.15. The summed E-state index contributed by atoms with van der Waals surface area (Å²) < 4.78 is 23.5. The fourth-order valence-corrected chi connectivity index (χ4v) is 4.57. The molecule has 2 saturated heterocycles. The number of hydrogen-bond acceptors (Lipinski definition) is 16. The van der Waals surface area contributed by atoms with Crippen LogP contribution in [0.25, 0.3) is 22.6 Å². The van der Waals surface area contributed by atoms with Gasteiger partial charge in [0.25, 0.3) is 0 Å². The summed E-state index contributed by atoms with van der Waals surface area (Å²) in [5.74, 6) is 0.463. The van der Waals surface area contributed by atoms with E-state index in [9.17, 15) is 35.7 Å². The highest BCUT2D eigenvalue weighted by atomic mass is 16.7. The first-order valence-electron chi connectivity index (χ1n) is 12.7. The number of aromatic amines is 1. The standard InChI is InChI=1S/C23H31N7O11/c31-8-13-15(33)16(34)18(36)23(39-13)41-20-14(9-32)40-22(19(37)17(20)35)38-6-5-30-7-12(24-29-30)10-1-3-11(4-2-10)21-25-27-28-26-21/h1-4,7,13-20,22-23,31-37H,5-6,8-9H2,(H,25,26,27,28). The van der Waals surface area contributed by atoms with Gasteiger partial charge in [0, 0.05) is 11.1 Å². The van der Waals surface area contributed by atoms with Gasteiger partial charge in [-0.25, -0.2) is 4.68 Å². The molecule has 0 aliphatic carbocycles. The molecule has 0 amide bonds. The van der Waals surface area contributed by atoms with Gasteiger partial charge >= 0.3 is 0 Å². The van der Waals surface area contributed by atoms with Gasteiger partial charge in [-0.15, -0.1) is 15.3 Å². The van der Waals surface area contributed by atoms with Crippen LogP contribution in [0.15, 0.2) is 30.5 Å². The number of rotatable bonds is 10. The Morgan fingerprint density at radius 3 is 2.17 bits per heavy atom. The van der Waals surface area contributed by atoms with Crippen LogP contribution >= 0.6 is 0 Å². The molecule has 224 valence electrons. The second-order valence-corrected chi connectivity index (χ2v) is 9.56. The zero-order chi connectivity index (χ0) is 29.1. The number of H-pyrrole nitrogens is 1. The van der Waals surface area contributed by atoms with Gasteiger partial charge in [0.05, 0.1) is 32.6 Å². The normalized spacial score (nSPS) is 34.1. The predicted octanol–water partition coefficient (Wildman–Crippen LogP) is -4.23. The number of hydrogen-bond donors (Lipinski definition) is 8. The van der Waals surface area contributed by atoms with Crippen LogP contribution < -0.4 is 0 Å². The maximum absolute atomic E-state index is 10.7. The zero-order valence-corrected chi connectivity index (χ0v) is 21.4. The van der Waals surface area contributed by atoms with Crippen LogP contribution in [0.2, 0.25) is 0 Å². The minimum Gasteiger partial charge on any atom is -0.394 e. The van der Waals surface area contributed by atoms with Crippen LogP contribution in [-0.2, 0) is 25.5 Å². The van der Waals surface area contributed by atoms with Crippen molar-refractivity contribution in [1.82, 2.24) is 35.6 Å². The molecule has 41 heavy (non-hydrogen) atoms. The molecule has 0 radical (unpaired) electrons. The Bertz CT molecular complexity index is 1230. The van der Waals surface area contributed by atoms with Crippen LogP contribution in [0.4, 0.5) is 0 Å². The predicted molar refractivity (Wildman–Crippen MR) is 131 cm³/mol. The van der Waals surface area contributed by atoms with E-state index >= 15 is 0 Å². The fraction of sp³-hybridized carbons (Fsp3) is 0.609. The van der Waals surface area contributed by atoms with Crippen molar-refractivity contribution >= 4 is 0 Å². The maximum Gasteiger partial charge on any atom is 0.204 e. The number of benzene rings is 1. The molecule has 1 aromatic carbocycles. The van der Waals surface area contributed by atoms with Crippen molar-refractivity contribution in [1.29, 1.82) is 0 Å². The monoisotopic (exact) mass is 581 g/mol. The summed E-state index contributed by atoms with van der Waals surface area (Å²) in [6.07, 6.45) is -13.5. The molecule has 10 atom stereocenters. The average molecular weight is 582 g/mol. The molecule has 2 fully saturated rings. The quantitative estimate of drug-likeness (QED) is 0.113. The van der Waals surface area contributed by atoms with E-state index in [4.69, 9.17) is 18.9 Å². The number of nitrogens with zero attached hydrogens (tertiary/aromatic N) is 6. The molecule has 2 aliphatic rings. The lowest BCUT2D eigenvalue weighted by atomic mass is 9.97. The number of aromatic nitrogens is 7. The highest BCUT2D eigenvalue weighted by Crippen LogP contribution is 2.29. The lowest BCUT2D eigenvalue weighted by Crippen LogP contribution is -2.64. The SMILES string of the molecule is OCC1OC(OC2C(CO)OC(OCCn3cc(-c4ccc(-c5nn[nH]n5)cc4)nn3)C(O)C2O)C(O)C(O)C1O. The summed E-state index contributed by atoms with van der Waals surface area (Å²) >= 11 is 0. The molecule has 0 saturated carbocycles. The maximum atomic E-state index is 10.7. The van der Waals surface area contributed by atoms with Gasteiger partial charge in [-0.3, -0.25) is 0 Å². The van der Waals surface area contributed by atoms with E-state index in [-0.39, 0.29) is 13.2 Å². The van der Waals surface area contributed by atoms with Crippen LogP contribution in [0.3, 0.4) is 0 Å². The summed E-state index contributed by atoms with van der Waals surface area (Å²) in [5, 5.41) is 92.7. The van der Waals surface area contributed by atoms with Gasteiger partial charge in [-0.2, -0.15) is 5.21 Å². The largest absolute Gasteiger partial charge is 0.394 e. The molecule has 2 aliphatic heterocycles. The van der Waals surface area contributed by atoms with E-state index in [1.807, 2.05) is 24.3 Å². The van der Waals surface area contributed by atoms with E-state index in [1.54, 1.807) is 6.20 Å². The molecule has 4 heterocycles. The molecule has 18 heteroatoms. The summed E-state index contributed by atoms with van der Waals surface area (Å²) in [6.45, 7) is -1.14. The van der Waals surface area contributed by atoms with Gasteiger partial charge in [-0.05, 0) is 5.21 Å². The van der Waals surface area contributed by atoms with Gasteiger partial charge in [-0.1, -0.05) is 29.5 Å². The van der Waals surface area contributed by atoms with Crippen molar-refractivity contribution in [2.24, 2.45) is 0 Å². The Morgan fingerprint density at radius 2 is 1.49 bits per heavy atom. The minimum atomic E-state index is -1.75. The van der Waals surface area contributed by atoms with Crippen LogP contribution in [-0.4, -0.2) is 153 Å². The topological polar surface area (TPSA) is 264 Å². The average Bonchev–Trinajstić information content (AvgIpc) is 3.70. The number of aliphatic hydroxyl groups excluding tert-OH is 7. The summed E-state index contributed by atoms with van der Waals surface area (Å²) in [4.78, 5) is 0. The molecule has 3 aromatic rings. The number of tetrazole rings is 1. The van der Waals surface area contributed by atoms with E-state index < -0.39 is 74.6 Å². The minimum absolute atomic E-state index is 0.00953. The molecule has 18 nitrogen and oxygen atoms in total. The third-order valence-corrected chi connectivity index (χ3v) is 6.89. The lowest BCUT2D eigenvalue weighted by Gasteiger charge is -2.45. The van der Waals surface area contributed by atoms with Crippen LogP contribution in [0.5, 0.6) is 0 Å². The Kier molecular flexibility index (Phi) is 9.26. The van der Waals surface area contributed by atoms with Crippen molar-refractivity contribution < 1.29 is 54.7 Å². The smallest absolute Gasteiger partial charge is 0.204 e. The van der Waals surface area contributed by atoms with E-state index in [2.05, 4.69) is 30.9 Å². The summed E-state index contributed by atoms with van der Waals surface area (Å²) in [6, 6.07) is 7.31.